The average molecular weight is 402 g/mol. The molecule has 0 aromatic heterocycles. The second-order valence-electron chi connectivity index (χ2n) is 8.97. The number of carbonyl (C=O) groups is 1. The van der Waals surface area contributed by atoms with Gasteiger partial charge in [-0.3, -0.25) is 9.69 Å². The van der Waals surface area contributed by atoms with Crippen LogP contribution in [0.3, 0.4) is 0 Å². The van der Waals surface area contributed by atoms with Crippen molar-refractivity contribution in [3.63, 3.8) is 0 Å². The van der Waals surface area contributed by atoms with Gasteiger partial charge in [0.1, 0.15) is 5.78 Å². The molecule has 2 unspecified atom stereocenters. The highest BCUT2D eigenvalue weighted by Crippen LogP contribution is 2.20. The van der Waals surface area contributed by atoms with Gasteiger partial charge in [-0.25, -0.2) is 0 Å². The molecule has 1 aromatic rings. The minimum Gasteiger partial charge on any atom is -0.369 e. The summed E-state index contributed by atoms with van der Waals surface area (Å²) in [5.41, 5.74) is 2.66. The fourth-order valence-corrected chi connectivity index (χ4v) is 4.37. The number of rotatable bonds is 12. The number of hydrogen-bond donors (Lipinski definition) is 0. The third-order valence-electron chi connectivity index (χ3n) is 6.41. The fraction of sp³-hybridized carbons (Fsp3) is 0.720. The Bertz CT molecular complexity index is 593. The maximum atomic E-state index is 12.2. The highest BCUT2D eigenvalue weighted by atomic mass is 16.1. The van der Waals surface area contributed by atoms with E-state index in [-0.39, 0.29) is 5.92 Å². The van der Waals surface area contributed by atoms with Crippen LogP contribution in [0.1, 0.15) is 65.4 Å². The van der Waals surface area contributed by atoms with E-state index in [1.165, 1.54) is 24.1 Å². The van der Waals surface area contributed by atoms with Crippen molar-refractivity contribution in [1.82, 2.24) is 9.80 Å². The van der Waals surface area contributed by atoms with Crippen LogP contribution in [0.15, 0.2) is 24.3 Å². The molecule has 2 rings (SSSR count). The largest absolute Gasteiger partial charge is 0.369 e. The van der Waals surface area contributed by atoms with Crippen molar-refractivity contribution in [2.45, 2.75) is 72.4 Å². The molecule has 1 heterocycles. The lowest BCUT2D eigenvalue weighted by Crippen LogP contribution is -2.49. The van der Waals surface area contributed by atoms with Crippen LogP contribution in [0.25, 0.3) is 0 Å². The Morgan fingerprint density at radius 3 is 2.21 bits per heavy atom. The molecule has 4 nitrogen and oxygen atoms in total. The first kappa shape index (κ1) is 23.9. The predicted octanol–water partition coefficient (Wildman–Crippen LogP) is 4.82. The highest BCUT2D eigenvalue weighted by molar-refractivity contribution is 5.80. The molecule has 0 bridgehead atoms. The summed E-state index contributed by atoms with van der Waals surface area (Å²) in [6.07, 6.45) is 5.32. The highest BCUT2D eigenvalue weighted by Gasteiger charge is 2.20. The van der Waals surface area contributed by atoms with Crippen LogP contribution >= 0.6 is 0 Å². The summed E-state index contributed by atoms with van der Waals surface area (Å²) < 4.78 is 0. The van der Waals surface area contributed by atoms with Gasteiger partial charge < -0.3 is 9.80 Å². The van der Waals surface area contributed by atoms with E-state index < -0.39 is 0 Å². The van der Waals surface area contributed by atoms with Gasteiger partial charge in [0.2, 0.25) is 0 Å². The molecule has 0 spiro atoms. The van der Waals surface area contributed by atoms with E-state index in [1.807, 2.05) is 0 Å². The zero-order valence-electron chi connectivity index (χ0n) is 19.5. The molecular formula is C25H43N3O. The molecular weight excluding hydrogens is 358 g/mol. The topological polar surface area (TPSA) is 26.8 Å². The Morgan fingerprint density at radius 1 is 1.00 bits per heavy atom. The number of carbonyl (C=O) groups excluding carboxylic acids is 1. The number of benzene rings is 1. The number of anilines is 1. The molecule has 0 saturated carbocycles. The molecule has 0 N–H and O–H groups in total. The molecule has 1 aliphatic heterocycles. The molecule has 164 valence electrons. The molecule has 4 heteroatoms. The summed E-state index contributed by atoms with van der Waals surface area (Å²) in [5.74, 6) is 0.611. The van der Waals surface area contributed by atoms with Crippen molar-refractivity contribution in [2.75, 3.05) is 44.7 Å². The van der Waals surface area contributed by atoms with Crippen LogP contribution in [0, 0.1) is 5.92 Å². The predicted molar refractivity (Wildman–Crippen MR) is 125 cm³/mol. The van der Waals surface area contributed by atoms with Gasteiger partial charge >= 0.3 is 0 Å². The van der Waals surface area contributed by atoms with Gasteiger partial charge in [0.15, 0.2) is 0 Å². The van der Waals surface area contributed by atoms with Gasteiger partial charge in [0.25, 0.3) is 0 Å². The molecule has 29 heavy (non-hydrogen) atoms. The first-order valence-corrected chi connectivity index (χ1v) is 11.7. The van der Waals surface area contributed by atoms with E-state index >= 15 is 0 Å². The van der Waals surface area contributed by atoms with Crippen LogP contribution in [0.2, 0.25) is 0 Å². The molecule has 1 fully saturated rings. The summed E-state index contributed by atoms with van der Waals surface area (Å²) in [7, 11) is 2.11. The van der Waals surface area contributed by atoms with E-state index in [0.29, 0.717) is 18.2 Å². The van der Waals surface area contributed by atoms with Crippen LogP contribution in [-0.2, 0) is 11.3 Å². The van der Waals surface area contributed by atoms with E-state index in [2.05, 4.69) is 73.7 Å². The second kappa shape index (κ2) is 12.3. The summed E-state index contributed by atoms with van der Waals surface area (Å²) in [6.45, 7) is 15.1. The monoisotopic (exact) mass is 401 g/mol. The lowest BCUT2D eigenvalue weighted by atomic mass is 9.99. The smallest absolute Gasteiger partial charge is 0.136 e. The van der Waals surface area contributed by atoms with Crippen molar-refractivity contribution in [2.24, 2.45) is 5.92 Å². The molecule has 0 amide bonds. The molecule has 0 aliphatic carbocycles. The van der Waals surface area contributed by atoms with E-state index in [4.69, 9.17) is 0 Å². The van der Waals surface area contributed by atoms with Crippen molar-refractivity contribution in [1.29, 1.82) is 0 Å². The molecule has 1 saturated heterocycles. The Hall–Kier alpha value is -1.39. The van der Waals surface area contributed by atoms with E-state index in [0.717, 1.165) is 52.1 Å². The molecule has 1 aromatic carbocycles. The average Bonchev–Trinajstić information content (AvgIpc) is 2.73. The maximum absolute atomic E-state index is 12.2. The van der Waals surface area contributed by atoms with Crippen molar-refractivity contribution in [3.8, 4) is 0 Å². The maximum Gasteiger partial charge on any atom is 0.136 e. The van der Waals surface area contributed by atoms with Crippen LogP contribution in [-0.4, -0.2) is 61.4 Å². The lowest BCUT2D eigenvalue weighted by Gasteiger charge is -2.39. The van der Waals surface area contributed by atoms with E-state index in [1.54, 1.807) is 0 Å². The standard InChI is InChI=1S/C25H43N3O/c1-6-8-21(3)25(29)14-15-26(5)20-23-10-12-24(13-11-23)28-18-16-27(17-19-28)22(4)9-7-2/h10-13,21-22H,6-9,14-20H2,1-5H3. The minimum absolute atomic E-state index is 0.207. The Morgan fingerprint density at radius 2 is 1.62 bits per heavy atom. The third kappa shape index (κ3) is 7.75. The van der Waals surface area contributed by atoms with Gasteiger partial charge in [-0.2, -0.15) is 0 Å². The summed E-state index contributed by atoms with van der Waals surface area (Å²) in [4.78, 5) is 19.6. The SMILES string of the molecule is CCCC(C)C(=O)CCN(C)Cc1ccc(N2CCN(C(C)CCC)CC2)cc1. The van der Waals surface area contributed by atoms with Gasteiger partial charge in [0, 0.05) is 63.3 Å². The quantitative estimate of drug-likeness (QED) is 0.501. The van der Waals surface area contributed by atoms with Crippen molar-refractivity contribution in [3.05, 3.63) is 29.8 Å². The zero-order valence-corrected chi connectivity index (χ0v) is 19.5. The number of Topliss-reactive ketones (excluding diaryl/α,β-unsaturated/α-hetero) is 1. The summed E-state index contributed by atoms with van der Waals surface area (Å²) >= 11 is 0. The number of nitrogens with zero attached hydrogens (tertiary/aromatic N) is 3. The molecule has 1 aliphatic rings. The lowest BCUT2D eigenvalue weighted by molar-refractivity contribution is -0.122. The Balaban J connectivity index is 1.76. The first-order valence-electron chi connectivity index (χ1n) is 11.7. The second-order valence-corrected chi connectivity index (χ2v) is 8.97. The minimum atomic E-state index is 0.207. The van der Waals surface area contributed by atoms with Crippen LogP contribution < -0.4 is 4.90 Å². The van der Waals surface area contributed by atoms with Crippen LogP contribution in [0.5, 0.6) is 0 Å². The molecule has 0 radical (unpaired) electrons. The first-order chi connectivity index (χ1) is 13.9. The molecule has 2 atom stereocenters. The number of piperazine rings is 1. The number of ketones is 1. The van der Waals surface area contributed by atoms with Crippen molar-refractivity contribution < 1.29 is 4.79 Å². The Labute approximate surface area is 179 Å². The number of hydrogen-bond acceptors (Lipinski definition) is 4. The summed E-state index contributed by atoms with van der Waals surface area (Å²) in [6, 6.07) is 9.74. The van der Waals surface area contributed by atoms with Gasteiger partial charge in [0.05, 0.1) is 0 Å². The van der Waals surface area contributed by atoms with Gasteiger partial charge in [-0.1, -0.05) is 45.7 Å². The van der Waals surface area contributed by atoms with Crippen LogP contribution in [0.4, 0.5) is 5.69 Å². The fourth-order valence-electron chi connectivity index (χ4n) is 4.37. The summed E-state index contributed by atoms with van der Waals surface area (Å²) in [5, 5.41) is 0. The zero-order chi connectivity index (χ0) is 21.2. The van der Waals surface area contributed by atoms with Crippen molar-refractivity contribution >= 4 is 11.5 Å². The Kier molecular flexibility index (Phi) is 10.2. The third-order valence-corrected chi connectivity index (χ3v) is 6.41. The van der Waals surface area contributed by atoms with Gasteiger partial charge in [-0.15, -0.1) is 0 Å². The van der Waals surface area contributed by atoms with Gasteiger partial charge in [-0.05, 0) is 44.5 Å². The normalized spacial score (nSPS) is 17.5. The van der Waals surface area contributed by atoms with E-state index in [9.17, 15) is 4.79 Å².